The summed E-state index contributed by atoms with van der Waals surface area (Å²) < 4.78 is 0. The quantitative estimate of drug-likeness (QED) is 0.699. The van der Waals surface area contributed by atoms with E-state index in [1.54, 1.807) is 24.3 Å². The van der Waals surface area contributed by atoms with Gasteiger partial charge in [0.1, 0.15) is 5.75 Å². The molecule has 0 aliphatic carbocycles. The Kier molecular flexibility index (Phi) is 2.00. The van der Waals surface area contributed by atoms with E-state index in [4.69, 9.17) is 10.5 Å². The summed E-state index contributed by atoms with van der Waals surface area (Å²) in [6.45, 7) is 0. The Hall–Kier alpha value is -2.52. The lowest BCUT2D eigenvalue weighted by molar-refractivity contribution is 0.481. The van der Waals surface area contributed by atoms with E-state index in [0.717, 1.165) is 0 Å². The molecule has 2 aromatic carbocycles. The fourth-order valence-corrected chi connectivity index (χ4v) is 1.56. The first kappa shape index (κ1) is 9.05. The summed E-state index contributed by atoms with van der Waals surface area (Å²) in [5.74, 6) is -0.0267. The van der Waals surface area contributed by atoms with E-state index in [1.807, 2.05) is 12.1 Å². The third-order valence-electron chi connectivity index (χ3n) is 2.21. The zero-order chi connectivity index (χ0) is 10.8. The molecular weight excluding hydrogens is 188 g/mol. The van der Waals surface area contributed by atoms with Crippen LogP contribution in [0.5, 0.6) is 5.75 Å². The fourth-order valence-electron chi connectivity index (χ4n) is 1.56. The molecule has 0 unspecified atom stereocenters. The Balaban J connectivity index is 2.94. The lowest BCUT2D eigenvalue weighted by Gasteiger charge is -2.03. The molecule has 0 saturated carbocycles. The molecule has 0 spiro atoms. The van der Waals surface area contributed by atoms with Gasteiger partial charge in [0.15, 0.2) is 0 Å². The van der Waals surface area contributed by atoms with Gasteiger partial charge in [-0.3, -0.25) is 0 Å². The summed E-state index contributed by atoms with van der Waals surface area (Å²) in [5.41, 5.74) is 0.796. The van der Waals surface area contributed by atoms with Crippen molar-refractivity contribution in [2.75, 3.05) is 0 Å². The zero-order valence-electron chi connectivity index (χ0n) is 7.73. The molecule has 70 valence electrons. The number of hydrogen-bond acceptors (Lipinski definition) is 3. The molecule has 3 nitrogen and oxygen atoms in total. The SMILES string of the molecule is N#Cc1cc(O)c2c(C#N)cccc2c1. The largest absolute Gasteiger partial charge is 0.507 e. The second-order valence-electron chi connectivity index (χ2n) is 3.12. The molecule has 0 aliphatic heterocycles. The van der Waals surface area contributed by atoms with Gasteiger partial charge in [0.25, 0.3) is 0 Å². The Labute approximate surface area is 86.4 Å². The van der Waals surface area contributed by atoms with Crippen LogP contribution in [-0.2, 0) is 0 Å². The van der Waals surface area contributed by atoms with Crippen LogP contribution in [0.1, 0.15) is 11.1 Å². The van der Waals surface area contributed by atoms with Crippen LogP contribution >= 0.6 is 0 Å². The van der Waals surface area contributed by atoms with E-state index >= 15 is 0 Å². The maximum absolute atomic E-state index is 9.69. The van der Waals surface area contributed by atoms with Crippen LogP contribution in [0.4, 0.5) is 0 Å². The highest BCUT2D eigenvalue weighted by Gasteiger charge is 2.06. The van der Waals surface area contributed by atoms with Gasteiger partial charge in [-0.1, -0.05) is 12.1 Å². The standard InChI is InChI=1S/C12H6N2O/c13-6-8-4-9-2-1-3-10(7-14)12(9)11(15)5-8/h1-5,15H. The second-order valence-corrected chi connectivity index (χ2v) is 3.12. The minimum absolute atomic E-state index is 0.0267. The van der Waals surface area contributed by atoms with Crippen LogP contribution in [0.2, 0.25) is 0 Å². The highest BCUT2D eigenvalue weighted by atomic mass is 16.3. The van der Waals surface area contributed by atoms with Gasteiger partial charge in [0.05, 0.1) is 23.3 Å². The van der Waals surface area contributed by atoms with Crippen molar-refractivity contribution >= 4 is 10.8 Å². The lowest BCUT2D eigenvalue weighted by atomic mass is 10.0. The summed E-state index contributed by atoms with van der Waals surface area (Å²) in [7, 11) is 0. The predicted molar refractivity (Wildman–Crippen MR) is 55.0 cm³/mol. The summed E-state index contributed by atoms with van der Waals surface area (Å²) in [4.78, 5) is 0. The van der Waals surface area contributed by atoms with Gasteiger partial charge in [-0.25, -0.2) is 0 Å². The molecule has 0 amide bonds. The van der Waals surface area contributed by atoms with Gasteiger partial charge in [0.2, 0.25) is 0 Å². The molecule has 0 aromatic heterocycles. The van der Waals surface area contributed by atoms with Gasteiger partial charge in [-0.2, -0.15) is 10.5 Å². The molecule has 0 radical (unpaired) electrons. The molecule has 2 aromatic rings. The lowest BCUT2D eigenvalue weighted by Crippen LogP contribution is -1.82. The molecular formula is C12H6N2O. The normalized spacial score (nSPS) is 9.47. The molecule has 0 heterocycles. The molecule has 0 atom stereocenters. The number of benzene rings is 2. The maximum atomic E-state index is 9.69. The average Bonchev–Trinajstić information content (AvgIpc) is 2.27. The van der Waals surface area contributed by atoms with E-state index in [1.165, 1.54) is 6.07 Å². The van der Waals surface area contributed by atoms with E-state index in [-0.39, 0.29) is 5.75 Å². The first-order valence-corrected chi connectivity index (χ1v) is 4.32. The van der Waals surface area contributed by atoms with Gasteiger partial charge in [-0.05, 0) is 23.6 Å². The van der Waals surface area contributed by atoms with Crippen LogP contribution in [-0.4, -0.2) is 5.11 Å². The van der Waals surface area contributed by atoms with Crippen LogP contribution in [0.3, 0.4) is 0 Å². The van der Waals surface area contributed by atoms with E-state index in [0.29, 0.717) is 21.9 Å². The van der Waals surface area contributed by atoms with Crippen LogP contribution in [0.25, 0.3) is 10.8 Å². The van der Waals surface area contributed by atoms with Crippen molar-refractivity contribution < 1.29 is 5.11 Å². The van der Waals surface area contributed by atoms with E-state index < -0.39 is 0 Å². The number of phenols is 1. The first-order chi connectivity index (χ1) is 7.26. The number of fused-ring (bicyclic) bond motifs is 1. The summed E-state index contributed by atoms with van der Waals surface area (Å²) in [5, 5.41) is 28.5. The van der Waals surface area contributed by atoms with Crippen molar-refractivity contribution in [3.05, 3.63) is 41.5 Å². The van der Waals surface area contributed by atoms with Crippen molar-refractivity contribution in [2.24, 2.45) is 0 Å². The minimum Gasteiger partial charge on any atom is -0.507 e. The molecule has 0 aliphatic rings. The Morgan fingerprint density at radius 1 is 1.07 bits per heavy atom. The second kappa shape index (κ2) is 3.32. The smallest absolute Gasteiger partial charge is 0.126 e. The number of aromatic hydroxyl groups is 1. The van der Waals surface area contributed by atoms with Crippen LogP contribution in [0, 0.1) is 22.7 Å². The van der Waals surface area contributed by atoms with Gasteiger partial charge in [-0.15, -0.1) is 0 Å². The molecule has 15 heavy (non-hydrogen) atoms. The molecule has 0 bridgehead atoms. The van der Waals surface area contributed by atoms with E-state index in [2.05, 4.69) is 0 Å². The first-order valence-electron chi connectivity index (χ1n) is 4.32. The van der Waals surface area contributed by atoms with Crippen molar-refractivity contribution in [3.8, 4) is 17.9 Å². The predicted octanol–water partition coefficient (Wildman–Crippen LogP) is 2.29. The van der Waals surface area contributed by atoms with Crippen molar-refractivity contribution in [1.82, 2.24) is 0 Å². The fraction of sp³-hybridized carbons (Fsp3) is 0. The average molecular weight is 194 g/mol. The third-order valence-corrected chi connectivity index (χ3v) is 2.21. The number of hydrogen-bond donors (Lipinski definition) is 1. The molecule has 1 N–H and O–H groups in total. The van der Waals surface area contributed by atoms with Crippen molar-refractivity contribution in [2.45, 2.75) is 0 Å². The minimum atomic E-state index is -0.0267. The van der Waals surface area contributed by atoms with Gasteiger partial charge in [0, 0.05) is 5.39 Å². The third kappa shape index (κ3) is 1.37. The van der Waals surface area contributed by atoms with E-state index in [9.17, 15) is 5.11 Å². The highest BCUT2D eigenvalue weighted by Crippen LogP contribution is 2.29. The van der Waals surface area contributed by atoms with Gasteiger partial charge >= 0.3 is 0 Å². The number of rotatable bonds is 0. The Morgan fingerprint density at radius 2 is 1.87 bits per heavy atom. The Morgan fingerprint density at radius 3 is 2.53 bits per heavy atom. The van der Waals surface area contributed by atoms with Crippen LogP contribution < -0.4 is 0 Å². The topological polar surface area (TPSA) is 67.8 Å². The van der Waals surface area contributed by atoms with Crippen molar-refractivity contribution in [1.29, 1.82) is 10.5 Å². The number of nitriles is 2. The summed E-state index contributed by atoms with van der Waals surface area (Å²) in [6.07, 6.45) is 0. The maximum Gasteiger partial charge on any atom is 0.126 e. The molecule has 0 saturated heterocycles. The highest BCUT2D eigenvalue weighted by molar-refractivity contribution is 5.93. The van der Waals surface area contributed by atoms with Gasteiger partial charge < -0.3 is 5.11 Å². The number of phenolic OH excluding ortho intramolecular Hbond substituents is 1. The summed E-state index contributed by atoms with van der Waals surface area (Å²) in [6, 6.07) is 12.1. The monoisotopic (exact) mass is 194 g/mol. The number of nitrogens with zero attached hydrogens (tertiary/aromatic N) is 2. The summed E-state index contributed by atoms with van der Waals surface area (Å²) >= 11 is 0. The van der Waals surface area contributed by atoms with Crippen molar-refractivity contribution in [3.63, 3.8) is 0 Å². The van der Waals surface area contributed by atoms with Crippen LogP contribution in [0.15, 0.2) is 30.3 Å². The Bertz CT molecular complexity index is 618. The molecule has 2 rings (SSSR count). The zero-order valence-corrected chi connectivity index (χ0v) is 7.73. The molecule has 0 fully saturated rings. The molecule has 3 heteroatoms.